The highest BCUT2D eigenvalue weighted by Gasteiger charge is 2.18. The lowest BCUT2D eigenvalue weighted by atomic mass is 10.0. The van der Waals surface area contributed by atoms with Crippen molar-refractivity contribution < 1.29 is 24.5 Å². The first kappa shape index (κ1) is 56.1. The van der Waals surface area contributed by atoms with Gasteiger partial charge in [-0.3, -0.25) is 9.59 Å². The molecule has 0 aliphatic rings. The van der Waals surface area contributed by atoms with Gasteiger partial charge in [0.05, 0.1) is 25.4 Å². The molecule has 0 radical (unpaired) electrons. The van der Waals surface area contributed by atoms with E-state index in [-0.39, 0.29) is 18.5 Å². The first-order valence-corrected chi connectivity index (χ1v) is 25.3. The van der Waals surface area contributed by atoms with Crippen LogP contribution in [0.2, 0.25) is 0 Å². The minimum absolute atomic E-state index is 0.0148. The fraction of sp³-hybridized carbons (Fsp3) is 0.846. The lowest BCUT2D eigenvalue weighted by molar-refractivity contribution is -0.143. The van der Waals surface area contributed by atoms with E-state index in [1.54, 1.807) is 6.08 Å². The van der Waals surface area contributed by atoms with Gasteiger partial charge in [-0.2, -0.15) is 0 Å². The van der Waals surface area contributed by atoms with Gasteiger partial charge in [0.15, 0.2) is 0 Å². The molecule has 0 aromatic rings. The van der Waals surface area contributed by atoms with Gasteiger partial charge in [-0.1, -0.05) is 217 Å². The van der Waals surface area contributed by atoms with Crippen molar-refractivity contribution in [1.29, 1.82) is 0 Å². The van der Waals surface area contributed by atoms with E-state index in [9.17, 15) is 19.8 Å². The summed E-state index contributed by atoms with van der Waals surface area (Å²) in [4.78, 5) is 24.4. The van der Waals surface area contributed by atoms with Gasteiger partial charge in [0.25, 0.3) is 0 Å². The van der Waals surface area contributed by atoms with Gasteiger partial charge < -0.3 is 20.3 Å². The Morgan fingerprint density at radius 3 is 1.33 bits per heavy atom. The third kappa shape index (κ3) is 43.7. The molecule has 0 aliphatic carbocycles. The molecule has 1 amide bonds. The molecule has 0 heterocycles. The quantitative estimate of drug-likeness (QED) is 0.0323. The fourth-order valence-electron chi connectivity index (χ4n) is 7.49. The number of esters is 1. The van der Waals surface area contributed by atoms with E-state index in [4.69, 9.17) is 4.74 Å². The minimum Gasteiger partial charge on any atom is -0.466 e. The van der Waals surface area contributed by atoms with Crippen molar-refractivity contribution in [2.75, 3.05) is 13.2 Å². The van der Waals surface area contributed by atoms with Crippen LogP contribution in [0.3, 0.4) is 0 Å². The number of aliphatic hydroxyl groups excluding tert-OH is 2. The van der Waals surface area contributed by atoms with E-state index in [2.05, 4.69) is 43.5 Å². The average molecular weight is 816 g/mol. The molecule has 6 heteroatoms. The van der Waals surface area contributed by atoms with Crippen molar-refractivity contribution in [2.24, 2.45) is 0 Å². The molecule has 2 atom stereocenters. The van der Waals surface area contributed by atoms with E-state index in [0.29, 0.717) is 19.4 Å². The zero-order valence-corrected chi connectivity index (χ0v) is 38.5. The molecule has 0 rings (SSSR count). The Bertz CT molecular complexity index is 946. The number of amides is 1. The van der Waals surface area contributed by atoms with Crippen LogP contribution < -0.4 is 5.32 Å². The Labute approximate surface area is 360 Å². The number of aliphatic hydroxyl groups is 2. The molecule has 3 N–H and O–H groups in total. The Kier molecular flexibility index (Phi) is 46.2. The monoisotopic (exact) mass is 816 g/mol. The Morgan fingerprint density at radius 1 is 0.483 bits per heavy atom. The summed E-state index contributed by atoms with van der Waals surface area (Å²) in [5, 5.41) is 22.9. The molecule has 0 saturated carbocycles. The molecular formula is C52H97NO5. The molecule has 340 valence electrons. The Morgan fingerprint density at radius 2 is 0.862 bits per heavy atom. The zero-order chi connectivity index (χ0) is 42.3. The van der Waals surface area contributed by atoms with E-state index < -0.39 is 12.1 Å². The molecule has 6 nitrogen and oxygen atoms in total. The van der Waals surface area contributed by atoms with Crippen LogP contribution in [0.25, 0.3) is 0 Å². The predicted octanol–water partition coefficient (Wildman–Crippen LogP) is 14.9. The molecule has 0 aromatic carbocycles. The van der Waals surface area contributed by atoms with Crippen LogP contribution in [0.15, 0.2) is 36.5 Å². The number of hydrogen-bond donors (Lipinski definition) is 3. The molecule has 58 heavy (non-hydrogen) atoms. The van der Waals surface area contributed by atoms with Crippen LogP contribution in [-0.2, 0) is 14.3 Å². The topological polar surface area (TPSA) is 95.9 Å². The number of hydrogen-bond acceptors (Lipinski definition) is 5. The van der Waals surface area contributed by atoms with Gasteiger partial charge in [-0.25, -0.2) is 0 Å². The van der Waals surface area contributed by atoms with Gasteiger partial charge in [0.1, 0.15) is 0 Å². The lowest BCUT2D eigenvalue weighted by Crippen LogP contribution is -2.45. The molecule has 2 unspecified atom stereocenters. The number of rotatable bonds is 46. The summed E-state index contributed by atoms with van der Waals surface area (Å²) in [5.41, 5.74) is 0. The number of carbonyl (C=O) groups excluding carboxylic acids is 2. The maximum Gasteiger partial charge on any atom is 0.305 e. The average Bonchev–Trinajstić information content (AvgIpc) is 3.22. The highest BCUT2D eigenvalue weighted by molar-refractivity contribution is 5.76. The molecule has 0 saturated heterocycles. The molecule has 0 spiro atoms. The fourth-order valence-corrected chi connectivity index (χ4v) is 7.49. The van der Waals surface area contributed by atoms with Gasteiger partial charge in [-0.15, -0.1) is 0 Å². The Balaban J connectivity index is 3.45. The van der Waals surface area contributed by atoms with Gasteiger partial charge >= 0.3 is 5.97 Å². The Hall–Kier alpha value is -1.92. The van der Waals surface area contributed by atoms with Gasteiger partial charge in [0, 0.05) is 12.8 Å². The van der Waals surface area contributed by atoms with Gasteiger partial charge in [0.2, 0.25) is 5.91 Å². The van der Waals surface area contributed by atoms with Gasteiger partial charge in [-0.05, 0) is 64.2 Å². The van der Waals surface area contributed by atoms with Crippen LogP contribution in [0.1, 0.15) is 258 Å². The third-order valence-corrected chi connectivity index (χ3v) is 11.4. The normalized spacial score (nSPS) is 13.0. The molecule has 0 aromatic heterocycles. The SMILES string of the molecule is CCCCCC/C=C\C/C=C\CCCCCCCC(=O)OCCCCCCCCCCCCCCCCCC(=O)NC(CO)C(O)/C=C/CCCCCCCCCC. The standard InChI is InChI=1S/C52H97NO5/c1-3-5-7-9-11-13-15-16-17-20-23-26-30-34-38-42-46-52(57)58-47-43-39-35-31-27-24-21-18-19-22-25-29-33-37-41-45-51(56)53-49(48-54)50(55)44-40-36-32-28-14-12-10-8-6-4-2/h13,15,17,20,40,44,49-50,54-55H,3-12,14,16,18-19,21-39,41-43,45-48H2,1-2H3,(H,53,56)/b15-13-,20-17-,44-40+. The van der Waals surface area contributed by atoms with E-state index in [1.165, 1.54) is 167 Å². The first-order valence-electron chi connectivity index (χ1n) is 25.3. The molecular weight excluding hydrogens is 719 g/mol. The van der Waals surface area contributed by atoms with Crippen molar-refractivity contribution in [3.8, 4) is 0 Å². The molecule has 0 aliphatic heterocycles. The van der Waals surface area contributed by atoms with E-state index in [0.717, 1.165) is 64.2 Å². The smallest absolute Gasteiger partial charge is 0.305 e. The molecule has 0 fully saturated rings. The van der Waals surface area contributed by atoms with Crippen LogP contribution in [-0.4, -0.2) is 47.4 Å². The summed E-state index contributed by atoms with van der Waals surface area (Å²) < 4.78 is 5.46. The number of ether oxygens (including phenoxy) is 1. The summed E-state index contributed by atoms with van der Waals surface area (Å²) in [7, 11) is 0. The van der Waals surface area contributed by atoms with Crippen molar-refractivity contribution in [3.63, 3.8) is 0 Å². The third-order valence-electron chi connectivity index (χ3n) is 11.4. The highest BCUT2D eigenvalue weighted by Crippen LogP contribution is 2.15. The largest absolute Gasteiger partial charge is 0.466 e. The maximum absolute atomic E-state index is 12.4. The number of nitrogens with one attached hydrogen (secondary N) is 1. The predicted molar refractivity (Wildman–Crippen MR) is 250 cm³/mol. The number of allylic oxidation sites excluding steroid dienone is 5. The van der Waals surface area contributed by atoms with Crippen molar-refractivity contribution >= 4 is 11.9 Å². The van der Waals surface area contributed by atoms with E-state index >= 15 is 0 Å². The molecule has 0 bridgehead atoms. The van der Waals surface area contributed by atoms with Crippen molar-refractivity contribution in [1.82, 2.24) is 5.32 Å². The zero-order valence-electron chi connectivity index (χ0n) is 38.5. The van der Waals surface area contributed by atoms with Crippen LogP contribution >= 0.6 is 0 Å². The van der Waals surface area contributed by atoms with Crippen LogP contribution in [0.5, 0.6) is 0 Å². The summed E-state index contributed by atoms with van der Waals surface area (Å²) in [5.74, 6) is -0.0948. The van der Waals surface area contributed by atoms with Crippen LogP contribution in [0.4, 0.5) is 0 Å². The van der Waals surface area contributed by atoms with Crippen molar-refractivity contribution in [2.45, 2.75) is 270 Å². The summed E-state index contributed by atoms with van der Waals surface area (Å²) in [6, 6.07) is -0.633. The first-order chi connectivity index (χ1) is 28.5. The summed E-state index contributed by atoms with van der Waals surface area (Å²) in [6.45, 7) is 4.83. The highest BCUT2D eigenvalue weighted by atomic mass is 16.5. The second kappa shape index (κ2) is 47.8. The maximum atomic E-state index is 12.4. The van der Waals surface area contributed by atoms with Crippen molar-refractivity contribution in [3.05, 3.63) is 36.5 Å². The minimum atomic E-state index is -0.849. The van der Waals surface area contributed by atoms with Crippen LogP contribution in [0, 0.1) is 0 Å². The summed E-state index contributed by atoms with van der Waals surface area (Å²) in [6.07, 6.45) is 57.1. The number of carbonyl (C=O) groups is 2. The second-order valence-electron chi connectivity index (χ2n) is 17.1. The lowest BCUT2D eigenvalue weighted by Gasteiger charge is -2.20. The number of unbranched alkanes of at least 4 members (excludes halogenated alkanes) is 31. The van der Waals surface area contributed by atoms with E-state index in [1.807, 2.05) is 6.08 Å². The summed E-state index contributed by atoms with van der Waals surface area (Å²) >= 11 is 0. The second-order valence-corrected chi connectivity index (χ2v) is 17.1.